The summed E-state index contributed by atoms with van der Waals surface area (Å²) >= 11 is 5.63. The van der Waals surface area contributed by atoms with Gasteiger partial charge in [-0.2, -0.15) is 0 Å². The molecule has 0 saturated heterocycles. The smallest absolute Gasteiger partial charge is 0.212 e. The number of hydrogen-bond acceptors (Lipinski definition) is 2. The molecule has 92 valence electrons. The second-order valence-corrected chi connectivity index (χ2v) is 6.21. The van der Waals surface area contributed by atoms with Crippen molar-refractivity contribution in [1.29, 1.82) is 0 Å². The lowest BCUT2D eigenvalue weighted by atomic mass is 10.3. The summed E-state index contributed by atoms with van der Waals surface area (Å²) in [4.78, 5) is 0. The van der Waals surface area contributed by atoms with Crippen molar-refractivity contribution in [3.8, 4) is 0 Å². The van der Waals surface area contributed by atoms with Crippen molar-refractivity contribution < 1.29 is 8.42 Å². The standard InChI is InChI=1S/C10H22ClNO2S/c1-4-6-7-12(5-2)15(13,14)9-10(3)8-11/h10H,4-9H2,1-3H3. The summed E-state index contributed by atoms with van der Waals surface area (Å²) in [7, 11) is -3.11. The van der Waals surface area contributed by atoms with Crippen LogP contribution in [0.25, 0.3) is 0 Å². The lowest BCUT2D eigenvalue weighted by molar-refractivity contribution is 0.415. The van der Waals surface area contributed by atoms with E-state index in [4.69, 9.17) is 11.6 Å². The van der Waals surface area contributed by atoms with Crippen LogP contribution in [-0.4, -0.2) is 37.4 Å². The number of unbranched alkanes of at least 4 members (excludes halogenated alkanes) is 1. The van der Waals surface area contributed by atoms with Gasteiger partial charge >= 0.3 is 0 Å². The summed E-state index contributed by atoms with van der Waals surface area (Å²) in [5.74, 6) is 0.575. The van der Waals surface area contributed by atoms with E-state index in [1.165, 1.54) is 0 Å². The summed E-state index contributed by atoms with van der Waals surface area (Å²) in [6.07, 6.45) is 1.93. The molecule has 0 radical (unpaired) electrons. The molecule has 3 nitrogen and oxygen atoms in total. The van der Waals surface area contributed by atoms with E-state index in [9.17, 15) is 8.42 Å². The fraction of sp³-hybridized carbons (Fsp3) is 1.00. The van der Waals surface area contributed by atoms with E-state index in [1.807, 2.05) is 13.8 Å². The van der Waals surface area contributed by atoms with Crippen molar-refractivity contribution in [2.24, 2.45) is 5.92 Å². The number of halogens is 1. The van der Waals surface area contributed by atoms with E-state index in [0.717, 1.165) is 12.8 Å². The van der Waals surface area contributed by atoms with Gasteiger partial charge in [0.2, 0.25) is 10.0 Å². The van der Waals surface area contributed by atoms with E-state index in [0.29, 0.717) is 19.0 Å². The van der Waals surface area contributed by atoms with Crippen LogP contribution in [0.1, 0.15) is 33.6 Å². The zero-order chi connectivity index (χ0) is 11.9. The van der Waals surface area contributed by atoms with Crippen molar-refractivity contribution in [3.05, 3.63) is 0 Å². The minimum atomic E-state index is -3.11. The second kappa shape index (κ2) is 7.47. The van der Waals surface area contributed by atoms with Crippen molar-refractivity contribution in [2.45, 2.75) is 33.6 Å². The van der Waals surface area contributed by atoms with Gasteiger partial charge in [-0.25, -0.2) is 12.7 Å². The molecule has 0 amide bonds. The monoisotopic (exact) mass is 255 g/mol. The van der Waals surface area contributed by atoms with Gasteiger partial charge in [0.25, 0.3) is 0 Å². The summed E-state index contributed by atoms with van der Waals surface area (Å²) in [5.41, 5.74) is 0. The number of alkyl halides is 1. The third-order valence-corrected chi connectivity index (χ3v) is 5.01. The van der Waals surface area contributed by atoms with Gasteiger partial charge in [0.05, 0.1) is 5.75 Å². The topological polar surface area (TPSA) is 37.4 Å². The molecular weight excluding hydrogens is 234 g/mol. The summed E-state index contributed by atoms with van der Waals surface area (Å²) < 4.78 is 25.4. The number of rotatable bonds is 8. The summed E-state index contributed by atoms with van der Waals surface area (Å²) in [6, 6.07) is 0. The Balaban J connectivity index is 4.38. The maximum Gasteiger partial charge on any atom is 0.214 e. The van der Waals surface area contributed by atoms with E-state index in [-0.39, 0.29) is 11.7 Å². The van der Waals surface area contributed by atoms with Crippen LogP contribution in [0.2, 0.25) is 0 Å². The van der Waals surface area contributed by atoms with E-state index < -0.39 is 10.0 Å². The van der Waals surface area contributed by atoms with E-state index >= 15 is 0 Å². The Labute approximate surface area is 98.8 Å². The highest BCUT2D eigenvalue weighted by Crippen LogP contribution is 2.10. The Hall–Kier alpha value is 0.200. The molecule has 0 rings (SSSR count). The first-order chi connectivity index (χ1) is 6.97. The molecule has 5 heteroatoms. The molecule has 0 spiro atoms. The van der Waals surface area contributed by atoms with Crippen molar-refractivity contribution >= 4 is 21.6 Å². The molecule has 15 heavy (non-hydrogen) atoms. The van der Waals surface area contributed by atoms with Crippen LogP contribution in [-0.2, 0) is 10.0 Å². The molecule has 0 aliphatic carbocycles. The van der Waals surface area contributed by atoms with Gasteiger partial charge in [-0.15, -0.1) is 11.6 Å². The largest absolute Gasteiger partial charge is 0.214 e. The molecule has 0 aromatic carbocycles. The average molecular weight is 256 g/mol. The van der Waals surface area contributed by atoms with Gasteiger partial charge in [-0.05, 0) is 12.3 Å². The first-order valence-electron chi connectivity index (χ1n) is 5.51. The zero-order valence-corrected chi connectivity index (χ0v) is 11.4. The molecule has 0 aliphatic rings. The molecule has 0 saturated carbocycles. The molecule has 0 aromatic rings. The quantitative estimate of drug-likeness (QED) is 0.625. The Bertz CT molecular complexity index is 254. The van der Waals surface area contributed by atoms with E-state index in [1.54, 1.807) is 4.31 Å². The lowest BCUT2D eigenvalue weighted by Crippen LogP contribution is -2.35. The maximum atomic E-state index is 11.9. The third kappa shape index (κ3) is 5.73. The number of sulfonamides is 1. The van der Waals surface area contributed by atoms with Gasteiger partial charge in [-0.3, -0.25) is 0 Å². The van der Waals surface area contributed by atoms with Crippen LogP contribution in [0.15, 0.2) is 0 Å². The number of nitrogens with zero attached hydrogens (tertiary/aromatic N) is 1. The van der Waals surface area contributed by atoms with Crippen LogP contribution < -0.4 is 0 Å². The van der Waals surface area contributed by atoms with Gasteiger partial charge < -0.3 is 0 Å². The number of hydrogen-bond donors (Lipinski definition) is 0. The first kappa shape index (κ1) is 15.2. The van der Waals surface area contributed by atoms with Crippen LogP contribution >= 0.6 is 11.6 Å². The minimum Gasteiger partial charge on any atom is -0.212 e. The lowest BCUT2D eigenvalue weighted by Gasteiger charge is -2.21. The van der Waals surface area contributed by atoms with Crippen molar-refractivity contribution in [2.75, 3.05) is 24.7 Å². The molecule has 1 unspecified atom stereocenters. The van der Waals surface area contributed by atoms with Crippen LogP contribution in [0.5, 0.6) is 0 Å². The zero-order valence-electron chi connectivity index (χ0n) is 9.87. The SMILES string of the molecule is CCCCN(CC)S(=O)(=O)CC(C)CCl. The highest BCUT2D eigenvalue weighted by atomic mass is 35.5. The first-order valence-corrected chi connectivity index (χ1v) is 7.66. The molecular formula is C10H22ClNO2S. The Morgan fingerprint density at radius 1 is 1.33 bits per heavy atom. The normalized spacial score (nSPS) is 14.5. The molecule has 0 bridgehead atoms. The molecule has 0 N–H and O–H groups in total. The van der Waals surface area contributed by atoms with Gasteiger partial charge in [0, 0.05) is 19.0 Å². The van der Waals surface area contributed by atoms with Gasteiger partial charge in [-0.1, -0.05) is 27.2 Å². The Kier molecular flexibility index (Phi) is 7.57. The predicted octanol–water partition coefficient (Wildman–Crippen LogP) is 2.31. The molecule has 1 atom stereocenters. The molecule has 0 aliphatic heterocycles. The highest BCUT2D eigenvalue weighted by Gasteiger charge is 2.22. The molecule has 0 heterocycles. The molecule has 0 aromatic heterocycles. The van der Waals surface area contributed by atoms with Crippen molar-refractivity contribution in [3.63, 3.8) is 0 Å². The summed E-state index contributed by atoms with van der Waals surface area (Å²) in [5, 5.41) is 0. The van der Waals surface area contributed by atoms with Crippen LogP contribution in [0.3, 0.4) is 0 Å². The average Bonchev–Trinajstić information content (AvgIpc) is 2.17. The Morgan fingerprint density at radius 2 is 1.93 bits per heavy atom. The van der Waals surface area contributed by atoms with Gasteiger partial charge in [0.15, 0.2) is 0 Å². The minimum absolute atomic E-state index is 0.0207. The third-order valence-electron chi connectivity index (χ3n) is 2.27. The van der Waals surface area contributed by atoms with E-state index in [2.05, 4.69) is 6.92 Å². The fourth-order valence-electron chi connectivity index (χ4n) is 1.34. The predicted molar refractivity (Wildman–Crippen MR) is 65.8 cm³/mol. The Morgan fingerprint density at radius 3 is 2.33 bits per heavy atom. The van der Waals surface area contributed by atoms with Gasteiger partial charge in [0.1, 0.15) is 0 Å². The fourth-order valence-corrected chi connectivity index (χ4v) is 3.42. The highest BCUT2D eigenvalue weighted by molar-refractivity contribution is 7.89. The van der Waals surface area contributed by atoms with Crippen LogP contribution in [0.4, 0.5) is 0 Å². The molecule has 0 fully saturated rings. The second-order valence-electron chi connectivity index (χ2n) is 3.88. The maximum absolute atomic E-state index is 11.9. The van der Waals surface area contributed by atoms with Crippen molar-refractivity contribution in [1.82, 2.24) is 4.31 Å². The van der Waals surface area contributed by atoms with Crippen LogP contribution in [0, 0.1) is 5.92 Å². The summed E-state index contributed by atoms with van der Waals surface area (Å²) in [6.45, 7) is 6.97.